The van der Waals surface area contributed by atoms with E-state index in [0.29, 0.717) is 30.6 Å². The third-order valence-corrected chi connectivity index (χ3v) is 6.08. The number of alkyl halides is 2. The number of aryl methyl sites for hydroxylation is 1. The van der Waals surface area contributed by atoms with Gasteiger partial charge in [0, 0.05) is 29.9 Å². The third kappa shape index (κ3) is 4.94. The summed E-state index contributed by atoms with van der Waals surface area (Å²) >= 11 is 12.0. The van der Waals surface area contributed by atoms with Crippen molar-refractivity contribution in [3.63, 3.8) is 0 Å². The van der Waals surface area contributed by atoms with Crippen molar-refractivity contribution >= 4 is 52.3 Å². The summed E-state index contributed by atoms with van der Waals surface area (Å²) in [5.41, 5.74) is 6.51. The fourth-order valence-electron chi connectivity index (χ4n) is 3.26. The first-order chi connectivity index (χ1) is 14.1. The molecule has 0 radical (unpaired) electrons. The van der Waals surface area contributed by atoms with Crippen LogP contribution < -0.4 is 16.4 Å². The quantitative estimate of drug-likeness (QED) is 0.353. The Morgan fingerprint density at radius 1 is 1.33 bits per heavy atom. The first-order valence-corrected chi connectivity index (χ1v) is 10.2. The second-order valence-electron chi connectivity index (χ2n) is 7.49. The number of amides is 3. The van der Waals surface area contributed by atoms with Gasteiger partial charge in [0.2, 0.25) is 11.8 Å². The number of carbonyl (C=O) groups excluding carboxylic acids is 3. The zero-order valence-electron chi connectivity index (χ0n) is 16.4. The van der Waals surface area contributed by atoms with Crippen molar-refractivity contribution in [2.45, 2.75) is 30.1 Å². The molecule has 160 valence electrons. The molecule has 2 atom stereocenters. The Balaban J connectivity index is 1.61. The van der Waals surface area contributed by atoms with Crippen LogP contribution in [0.5, 0.6) is 0 Å². The largest absolute Gasteiger partial charge is 0.376 e. The summed E-state index contributed by atoms with van der Waals surface area (Å²) in [6.07, 6.45) is 4.39. The van der Waals surface area contributed by atoms with Gasteiger partial charge in [-0.3, -0.25) is 19.8 Å². The lowest BCUT2D eigenvalue weighted by molar-refractivity contribution is -0.135. The highest BCUT2D eigenvalue weighted by molar-refractivity contribution is 6.50. The van der Waals surface area contributed by atoms with Gasteiger partial charge in [-0.25, -0.2) is 0 Å². The monoisotopic (exact) mass is 451 g/mol. The van der Waals surface area contributed by atoms with Gasteiger partial charge in [0.15, 0.2) is 0 Å². The number of nitrogens with one attached hydrogen (secondary N) is 3. The lowest BCUT2D eigenvalue weighted by Gasteiger charge is -2.24. The molecule has 8 nitrogen and oxygen atoms in total. The smallest absolute Gasteiger partial charge is 0.267 e. The second kappa shape index (κ2) is 8.65. The molecule has 0 aromatic heterocycles. The summed E-state index contributed by atoms with van der Waals surface area (Å²) in [6.45, 7) is 2.10. The lowest BCUT2D eigenvalue weighted by Crippen LogP contribution is -2.47. The van der Waals surface area contributed by atoms with Gasteiger partial charge in [0.05, 0.1) is 6.54 Å². The van der Waals surface area contributed by atoms with Crippen LogP contribution in [0.15, 0.2) is 30.5 Å². The molecule has 0 unspecified atom stereocenters. The van der Waals surface area contributed by atoms with Gasteiger partial charge < -0.3 is 21.3 Å². The number of hydrogen-bond donors (Lipinski definition) is 4. The highest BCUT2D eigenvalue weighted by Gasteiger charge is 2.51. The van der Waals surface area contributed by atoms with Crippen molar-refractivity contribution < 1.29 is 14.4 Å². The van der Waals surface area contributed by atoms with E-state index in [0.717, 1.165) is 5.56 Å². The summed E-state index contributed by atoms with van der Waals surface area (Å²) in [6, 6.07) is 4.44. The first-order valence-electron chi connectivity index (χ1n) is 9.46. The number of anilines is 1. The molecule has 1 aromatic rings. The maximum Gasteiger partial charge on any atom is 0.267 e. The van der Waals surface area contributed by atoms with Crippen molar-refractivity contribution in [1.29, 1.82) is 5.41 Å². The molecule has 5 N–H and O–H groups in total. The highest BCUT2D eigenvalue weighted by atomic mass is 35.5. The van der Waals surface area contributed by atoms with Crippen molar-refractivity contribution in [3.05, 3.63) is 41.6 Å². The van der Waals surface area contributed by atoms with Crippen molar-refractivity contribution in [1.82, 2.24) is 10.2 Å². The van der Waals surface area contributed by atoms with E-state index < -0.39 is 16.3 Å². The topological polar surface area (TPSA) is 128 Å². The summed E-state index contributed by atoms with van der Waals surface area (Å²) in [7, 11) is 0. The van der Waals surface area contributed by atoms with Gasteiger partial charge >= 0.3 is 0 Å². The predicted molar refractivity (Wildman–Crippen MR) is 116 cm³/mol. The Morgan fingerprint density at radius 3 is 2.67 bits per heavy atom. The number of halogens is 2. The van der Waals surface area contributed by atoms with Gasteiger partial charge in [0.1, 0.15) is 16.1 Å². The SMILES string of the molecule is Cc1ccc(C(=N)C(N)=O)c(NCC(=O)N2C=CC[C@H]2C(=O)NC[C@H]2CC2(Cl)Cl)c1. The molecule has 3 rings (SSSR count). The van der Waals surface area contributed by atoms with Gasteiger partial charge in [0.25, 0.3) is 5.91 Å². The van der Waals surface area contributed by atoms with Crippen LogP contribution in [-0.2, 0) is 14.4 Å². The fourth-order valence-corrected chi connectivity index (χ4v) is 3.79. The molecular weight excluding hydrogens is 429 g/mol. The molecule has 1 saturated carbocycles. The number of primary amides is 1. The van der Waals surface area contributed by atoms with E-state index in [2.05, 4.69) is 10.6 Å². The lowest BCUT2D eigenvalue weighted by atomic mass is 10.0. The molecule has 0 bridgehead atoms. The van der Waals surface area contributed by atoms with Crippen molar-refractivity contribution in [3.8, 4) is 0 Å². The molecule has 3 amide bonds. The highest BCUT2D eigenvalue weighted by Crippen LogP contribution is 2.52. The normalized spacial score (nSPS) is 21.2. The number of hydrogen-bond acceptors (Lipinski definition) is 5. The Hall–Kier alpha value is -2.58. The minimum Gasteiger partial charge on any atom is -0.376 e. The Kier molecular flexibility index (Phi) is 6.38. The van der Waals surface area contributed by atoms with Crippen LogP contribution in [0, 0.1) is 18.3 Å². The summed E-state index contributed by atoms with van der Waals surface area (Å²) in [4.78, 5) is 38.0. The van der Waals surface area contributed by atoms with Crippen LogP contribution in [0.25, 0.3) is 0 Å². The molecule has 1 fully saturated rings. The minimum absolute atomic E-state index is 0.0188. The van der Waals surface area contributed by atoms with E-state index in [1.807, 2.05) is 6.92 Å². The van der Waals surface area contributed by atoms with Crippen molar-refractivity contribution in [2.75, 3.05) is 18.4 Å². The van der Waals surface area contributed by atoms with E-state index >= 15 is 0 Å². The van der Waals surface area contributed by atoms with E-state index in [1.54, 1.807) is 30.5 Å². The zero-order chi connectivity index (χ0) is 22.1. The second-order valence-corrected chi connectivity index (χ2v) is 9.03. The number of nitrogens with zero attached hydrogens (tertiary/aromatic N) is 1. The molecule has 10 heteroatoms. The Labute approximate surface area is 184 Å². The van der Waals surface area contributed by atoms with Crippen LogP contribution >= 0.6 is 23.2 Å². The first kappa shape index (κ1) is 22.1. The van der Waals surface area contributed by atoms with E-state index in [4.69, 9.17) is 34.3 Å². The van der Waals surface area contributed by atoms with Crippen LogP contribution in [0.3, 0.4) is 0 Å². The third-order valence-electron chi connectivity index (χ3n) is 5.15. The van der Waals surface area contributed by atoms with E-state index in [9.17, 15) is 14.4 Å². The molecule has 1 aliphatic heterocycles. The van der Waals surface area contributed by atoms with Crippen LogP contribution in [-0.4, -0.2) is 51.8 Å². The van der Waals surface area contributed by atoms with Crippen LogP contribution in [0.4, 0.5) is 5.69 Å². The number of rotatable bonds is 8. The summed E-state index contributed by atoms with van der Waals surface area (Å²) in [5.74, 6) is -1.43. The summed E-state index contributed by atoms with van der Waals surface area (Å²) in [5, 5.41) is 13.6. The molecule has 30 heavy (non-hydrogen) atoms. The number of nitrogens with two attached hydrogens (primary N) is 1. The molecule has 1 heterocycles. The zero-order valence-corrected chi connectivity index (χ0v) is 17.9. The maximum absolute atomic E-state index is 12.7. The predicted octanol–water partition coefficient (Wildman–Crippen LogP) is 1.68. The number of benzene rings is 1. The van der Waals surface area contributed by atoms with Crippen LogP contribution in [0.1, 0.15) is 24.0 Å². The minimum atomic E-state index is -0.860. The molecule has 1 aliphatic carbocycles. The van der Waals surface area contributed by atoms with Crippen molar-refractivity contribution in [2.24, 2.45) is 11.7 Å². The van der Waals surface area contributed by atoms with Gasteiger partial charge in [-0.15, -0.1) is 23.2 Å². The molecular formula is C20H23Cl2N5O3. The molecule has 0 saturated heterocycles. The fraction of sp³-hybridized carbons (Fsp3) is 0.400. The average molecular weight is 452 g/mol. The average Bonchev–Trinajstić information content (AvgIpc) is 3.06. The molecule has 2 aliphatic rings. The number of carbonyl (C=O) groups is 3. The summed E-state index contributed by atoms with van der Waals surface area (Å²) < 4.78 is -0.773. The maximum atomic E-state index is 12.7. The standard InChI is InChI=1S/C20H23Cl2N5O3/c1-11-4-5-13(17(23)18(24)29)14(7-11)25-10-16(28)27-6-2-3-15(27)19(30)26-9-12-8-20(12,21)22/h2,4-7,12,15,23,25H,3,8-10H2,1H3,(H2,24,29)(H,26,30)/t12-,15+/m1/s1. The Morgan fingerprint density at radius 2 is 2.03 bits per heavy atom. The van der Waals surface area contributed by atoms with Gasteiger partial charge in [-0.2, -0.15) is 0 Å². The molecule has 0 spiro atoms. The van der Waals surface area contributed by atoms with Gasteiger partial charge in [-0.1, -0.05) is 18.2 Å². The molecule has 1 aromatic carbocycles. The Bertz CT molecular complexity index is 931. The van der Waals surface area contributed by atoms with Crippen LogP contribution in [0.2, 0.25) is 0 Å². The van der Waals surface area contributed by atoms with E-state index in [-0.39, 0.29) is 30.0 Å². The van der Waals surface area contributed by atoms with Gasteiger partial charge in [-0.05, 0) is 31.4 Å². The van der Waals surface area contributed by atoms with E-state index in [1.165, 1.54) is 4.90 Å².